The lowest BCUT2D eigenvalue weighted by Crippen LogP contribution is -2.41. The third-order valence-corrected chi connectivity index (χ3v) is 8.21. The lowest BCUT2D eigenvalue weighted by atomic mass is 9.97. The summed E-state index contributed by atoms with van der Waals surface area (Å²) >= 11 is 1.19. The van der Waals surface area contributed by atoms with Gasteiger partial charge in [-0.25, -0.2) is 8.42 Å². The normalized spacial score (nSPS) is 15.6. The van der Waals surface area contributed by atoms with Gasteiger partial charge in [0, 0.05) is 32.7 Å². The van der Waals surface area contributed by atoms with Crippen LogP contribution in [0.25, 0.3) is 0 Å². The molecular weight excluding hydrogens is 426 g/mol. The number of hydrogen-bond acceptors (Lipinski definition) is 6. The first-order chi connectivity index (χ1) is 14.4. The van der Waals surface area contributed by atoms with E-state index >= 15 is 0 Å². The van der Waals surface area contributed by atoms with E-state index in [0.717, 1.165) is 0 Å². The number of para-hydroxylation sites is 1. The first kappa shape index (κ1) is 22.4. The maximum absolute atomic E-state index is 12.8. The second-order valence-electron chi connectivity index (χ2n) is 6.89. The van der Waals surface area contributed by atoms with Gasteiger partial charge in [0.2, 0.25) is 5.91 Å². The molecule has 1 aromatic heterocycles. The molecule has 0 radical (unpaired) electrons. The van der Waals surface area contributed by atoms with E-state index in [-0.39, 0.29) is 30.8 Å². The Bertz CT molecular complexity index is 968. The summed E-state index contributed by atoms with van der Waals surface area (Å²) in [6.07, 6.45) is 0.858. The number of nitrogens with zero attached hydrogens (tertiary/aromatic N) is 1. The van der Waals surface area contributed by atoms with Gasteiger partial charge in [0.15, 0.2) is 0 Å². The fourth-order valence-corrected chi connectivity index (χ4v) is 5.90. The molecule has 0 bridgehead atoms. The summed E-state index contributed by atoms with van der Waals surface area (Å²) in [5.41, 5.74) is 0.811. The van der Waals surface area contributed by atoms with Crippen LogP contribution >= 0.6 is 11.3 Å². The van der Waals surface area contributed by atoms with Gasteiger partial charge in [-0.2, -0.15) is 4.31 Å². The number of carbonyl (C=O) groups excluding carboxylic acids is 2. The highest BCUT2D eigenvalue weighted by Crippen LogP contribution is 2.27. The van der Waals surface area contributed by atoms with E-state index in [9.17, 15) is 18.0 Å². The van der Waals surface area contributed by atoms with Crippen molar-refractivity contribution < 1.29 is 22.7 Å². The van der Waals surface area contributed by atoms with Crippen LogP contribution in [-0.4, -0.2) is 57.9 Å². The number of piperidine rings is 1. The molecule has 2 heterocycles. The first-order valence-electron chi connectivity index (χ1n) is 9.64. The molecule has 2 N–H and O–H groups in total. The van der Waals surface area contributed by atoms with E-state index in [4.69, 9.17) is 4.74 Å². The molecule has 0 saturated carbocycles. The molecule has 1 aromatic carbocycles. The van der Waals surface area contributed by atoms with Gasteiger partial charge in [-0.15, -0.1) is 11.3 Å². The Morgan fingerprint density at radius 2 is 1.90 bits per heavy atom. The maximum atomic E-state index is 12.8. The molecule has 162 valence electrons. The van der Waals surface area contributed by atoms with Gasteiger partial charge >= 0.3 is 0 Å². The van der Waals surface area contributed by atoms with Gasteiger partial charge in [0.1, 0.15) is 4.21 Å². The van der Waals surface area contributed by atoms with Crippen molar-refractivity contribution in [2.75, 3.05) is 38.7 Å². The second kappa shape index (κ2) is 10.2. The fraction of sp³-hybridized carbons (Fsp3) is 0.400. The van der Waals surface area contributed by atoms with Crippen molar-refractivity contribution in [2.45, 2.75) is 17.1 Å². The number of sulfonamides is 1. The number of thiophene rings is 1. The Morgan fingerprint density at radius 3 is 2.57 bits per heavy atom. The zero-order chi connectivity index (χ0) is 21.6. The zero-order valence-corrected chi connectivity index (χ0v) is 18.3. The highest BCUT2D eigenvalue weighted by atomic mass is 32.2. The van der Waals surface area contributed by atoms with Crippen LogP contribution in [0, 0.1) is 5.92 Å². The monoisotopic (exact) mass is 451 g/mol. The van der Waals surface area contributed by atoms with Gasteiger partial charge in [-0.1, -0.05) is 18.2 Å². The topological polar surface area (TPSA) is 105 Å². The second-order valence-corrected chi connectivity index (χ2v) is 10.0. The van der Waals surface area contributed by atoms with Crippen molar-refractivity contribution in [2.24, 2.45) is 5.92 Å². The van der Waals surface area contributed by atoms with Crippen molar-refractivity contribution in [3.8, 4) is 0 Å². The summed E-state index contributed by atoms with van der Waals surface area (Å²) in [5, 5.41) is 7.31. The van der Waals surface area contributed by atoms with Crippen LogP contribution in [0.2, 0.25) is 0 Å². The van der Waals surface area contributed by atoms with Crippen LogP contribution in [0.4, 0.5) is 5.69 Å². The van der Waals surface area contributed by atoms with Crippen LogP contribution in [0.15, 0.2) is 46.0 Å². The standard InChI is InChI=1S/C20H25N3O5S2/c1-28-13-10-21-20(25)16-5-2-3-6-17(16)22-19(24)15-8-11-23(12-9-15)30(26,27)18-7-4-14-29-18/h2-7,14-15H,8-13H2,1H3,(H,21,25)(H,22,24). The molecule has 10 heteroatoms. The predicted octanol–water partition coefficient (Wildman–Crippen LogP) is 2.16. The molecule has 0 unspecified atom stereocenters. The molecule has 2 amide bonds. The average Bonchev–Trinajstić information content (AvgIpc) is 3.30. The Morgan fingerprint density at radius 1 is 1.17 bits per heavy atom. The summed E-state index contributed by atoms with van der Waals surface area (Å²) in [5.74, 6) is -0.815. The Hall–Kier alpha value is -2.27. The smallest absolute Gasteiger partial charge is 0.253 e. The number of hydrogen-bond donors (Lipinski definition) is 2. The lowest BCUT2D eigenvalue weighted by Gasteiger charge is -2.30. The Kier molecular flexibility index (Phi) is 7.59. The summed E-state index contributed by atoms with van der Waals surface area (Å²) in [6.45, 7) is 1.34. The minimum absolute atomic E-state index is 0.208. The third kappa shape index (κ3) is 5.25. The number of nitrogens with one attached hydrogen (secondary N) is 2. The van der Waals surface area contributed by atoms with E-state index in [1.54, 1.807) is 48.9 Å². The molecule has 30 heavy (non-hydrogen) atoms. The van der Waals surface area contributed by atoms with E-state index in [0.29, 0.717) is 41.5 Å². The average molecular weight is 452 g/mol. The van der Waals surface area contributed by atoms with Gasteiger partial charge in [-0.3, -0.25) is 9.59 Å². The highest BCUT2D eigenvalue weighted by molar-refractivity contribution is 7.91. The molecule has 1 aliphatic heterocycles. The molecule has 3 rings (SSSR count). The number of rotatable bonds is 8. The van der Waals surface area contributed by atoms with Gasteiger partial charge < -0.3 is 15.4 Å². The number of ether oxygens (including phenoxy) is 1. The predicted molar refractivity (Wildman–Crippen MR) is 115 cm³/mol. The van der Waals surface area contributed by atoms with Crippen LogP contribution in [0.5, 0.6) is 0 Å². The van der Waals surface area contributed by atoms with E-state index in [2.05, 4.69) is 10.6 Å². The minimum Gasteiger partial charge on any atom is -0.383 e. The molecule has 1 aliphatic rings. The summed E-state index contributed by atoms with van der Waals surface area (Å²) in [7, 11) is -1.95. The molecule has 8 nitrogen and oxygen atoms in total. The zero-order valence-electron chi connectivity index (χ0n) is 16.7. The summed E-state index contributed by atoms with van der Waals surface area (Å²) in [4.78, 5) is 25.1. The first-order valence-corrected chi connectivity index (χ1v) is 12.0. The number of methoxy groups -OCH3 is 1. The summed E-state index contributed by atoms with van der Waals surface area (Å²) in [6, 6.07) is 10.1. The Balaban J connectivity index is 1.60. The van der Waals surface area contributed by atoms with Crippen molar-refractivity contribution in [1.29, 1.82) is 0 Å². The SMILES string of the molecule is COCCNC(=O)c1ccccc1NC(=O)C1CCN(S(=O)(=O)c2cccs2)CC1. The number of benzene rings is 1. The van der Waals surface area contributed by atoms with Crippen LogP contribution in [-0.2, 0) is 19.6 Å². The Labute approximate surface area is 180 Å². The molecule has 2 aromatic rings. The largest absolute Gasteiger partial charge is 0.383 e. The molecule has 1 saturated heterocycles. The molecule has 0 aliphatic carbocycles. The van der Waals surface area contributed by atoms with Gasteiger partial charge in [0.05, 0.1) is 17.9 Å². The van der Waals surface area contributed by atoms with E-state index in [1.807, 2.05) is 0 Å². The van der Waals surface area contributed by atoms with Crippen LogP contribution in [0.1, 0.15) is 23.2 Å². The highest BCUT2D eigenvalue weighted by Gasteiger charge is 2.32. The van der Waals surface area contributed by atoms with Crippen molar-refractivity contribution >= 4 is 38.9 Å². The fourth-order valence-electron chi connectivity index (χ4n) is 3.28. The summed E-state index contributed by atoms with van der Waals surface area (Å²) < 4.78 is 31.9. The molecule has 0 atom stereocenters. The molecule has 0 spiro atoms. The van der Waals surface area contributed by atoms with Crippen molar-refractivity contribution in [3.05, 3.63) is 47.3 Å². The number of amides is 2. The van der Waals surface area contributed by atoms with Crippen molar-refractivity contribution in [3.63, 3.8) is 0 Å². The van der Waals surface area contributed by atoms with E-state index < -0.39 is 10.0 Å². The minimum atomic E-state index is -3.50. The van der Waals surface area contributed by atoms with Crippen molar-refractivity contribution in [1.82, 2.24) is 9.62 Å². The van der Waals surface area contributed by atoms with Gasteiger partial charge in [-0.05, 0) is 36.4 Å². The van der Waals surface area contributed by atoms with Crippen LogP contribution in [0.3, 0.4) is 0 Å². The van der Waals surface area contributed by atoms with Crippen LogP contribution < -0.4 is 10.6 Å². The van der Waals surface area contributed by atoms with E-state index in [1.165, 1.54) is 15.6 Å². The third-order valence-electron chi connectivity index (χ3n) is 4.94. The molecular formula is C20H25N3O5S2. The lowest BCUT2D eigenvalue weighted by molar-refractivity contribution is -0.120. The molecule has 1 fully saturated rings. The maximum Gasteiger partial charge on any atom is 0.253 e. The number of carbonyl (C=O) groups is 2. The number of anilines is 1. The quantitative estimate of drug-likeness (QED) is 0.599. The van der Waals surface area contributed by atoms with Gasteiger partial charge in [0.25, 0.3) is 15.9 Å².